The number of carboxylic acid groups (broad SMARTS) is 1. The number of ether oxygens (including phenoxy) is 3. The lowest BCUT2D eigenvalue weighted by Crippen LogP contribution is -2.05. The molecule has 100 valence electrons. The van der Waals surface area contributed by atoms with Crippen molar-refractivity contribution in [3.8, 4) is 11.5 Å². The van der Waals surface area contributed by atoms with Crippen molar-refractivity contribution >= 4 is 5.97 Å². The zero-order valence-electron chi connectivity index (χ0n) is 10.9. The molecule has 18 heavy (non-hydrogen) atoms. The van der Waals surface area contributed by atoms with Crippen LogP contribution in [0.5, 0.6) is 11.5 Å². The third kappa shape index (κ3) is 3.37. The summed E-state index contributed by atoms with van der Waals surface area (Å²) >= 11 is 0. The predicted octanol–water partition coefficient (Wildman–Crippen LogP) is 1.87. The summed E-state index contributed by atoms with van der Waals surface area (Å²) in [5.74, 6) is 0.328. The van der Waals surface area contributed by atoms with Crippen LogP contribution in [0.3, 0.4) is 0 Å². The van der Waals surface area contributed by atoms with E-state index in [2.05, 4.69) is 0 Å². The standard InChI is InChI=1S/C13H18O5/c1-16-8-9-4-6-11(17-2)13(18-3)10(9)5-7-12(14)15/h4,6H,5,7-8H2,1-3H3,(H,14,15). The number of carboxylic acids is 1. The fourth-order valence-electron chi connectivity index (χ4n) is 1.83. The molecule has 0 aliphatic carbocycles. The second-order valence-electron chi connectivity index (χ2n) is 3.77. The van der Waals surface area contributed by atoms with Crippen molar-refractivity contribution in [1.82, 2.24) is 0 Å². The normalized spacial score (nSPS) is 10.2. The van der Waals surface area contributed by atoms with E-state index >= 15 is 0 Å². The van der Waals surface area contributed by atoms with Gasteiger partial charge in [0.2, 0.25) is 0 Å². The van der Waals surface area contributed by atoms with Gasteiger partial charge >= 0.3 is 5.97 Å². The molecule has 0 saturated carbocycles. The van der Waals surface area contributed by atoms with E-state index in [4.69, 9.17) is 19.3 Å². The molecular weight excluding hydrogens is 236 g/mol. The minimum atomic E-state index is -0.844. The van der Waals surface area contributed by atoms with Gasteiger partial charge in [-0.2, -0.15) is 0 Å². The summed E-state index contributed by atoms with van der Waals surface area (Å²) in [5, 5.41) is 8.78. The predicted molar refractivity (Wildman–Crippen MR) is 66.2 cm³/mol. The Morgan fingerprint density at radius 3 is 2.44 bits per heavy atom. The number of hydrogen-bond acceptors (Lipinski definition) is 4. The maximum atomic E-state index is 10.7. The maximum absolute atomic E-state index is 10.7. The number of carbonyl (C=O) groups is 1. The molecular formula is C13H18O5. The van der Waals surface area contributed by atoms with E-state index in [0.717, 1.165) is 11.1 Å². The van der Waals surface area contributed by atoms with E-state index in [9.17, 15) is 4.79 Å². The van der Waals surface area contributed by atoms with Crippen molar-refractivity contribution < 1.29 is 24.1 Å². The zero-order chi connectivity index (χ0) is 13.5. The molecule has 5 heteroatoms. The molecule has 0 saturated heterocycles. The Bertz CT molecular complexity index is 414. The highest BCUT2D eigenvalue weighted by Crippen LogP contribution is 2.34. The van der Waals surface area contributed by atoms with Gasteiger partial charge in [-0.15, -0.1) is 0 Å². The molecule has 0 aliphatic heterocycles. The van der Waals surface area contributed by atoms with Gasteiger partial charge in [0, 0.05) is 19.1 Å². The van der Waals surface area contributed by atoms with Gasteiger partial charge < -0.3 is 19.3 Å². The highest BCUT2D eigenvalue weighted by atomic mass is 16.5. The van der Waals surface area contributed by atoms with Gasteiger partial charge in [0.1, 0.15) is 0 Å². The van der Waals surface area contributed by atoms with Gasteiger partial charge in [0.05, 0.1) is 20.8 Å². The summed E-state index contributed by atoms with van der Waals surface area (Å²) in [5.41, 5.74) is 1.73. The largest absolute Gasteiger partial charge is 0.493 e. The first kappa shape index (κ1) is 14.3. The van der Waals surface area contributed by atoms with E-state index in [-0.39, 0.29) is 6.42 Å². The van der Waals surface area contributed by atoms with Gasteiger partial charge in [-0.1, -0.05) is 6.07 Å². The SMILES string of the molecule is COCc1ccc(OC)c(OC)c1CCC(=O)O. The average Bonchev–Trinajstić information content (AvgIpc) is 2.36. The second-order valence-corrected chi connectivity index (χ2v) is 3.77. The lowest BCUT2D eigenvalue weighted by atomic mass is 10.0. The molecule has 0 heterocycles. The second kappa shape index (κ2) is 6.86. The van der Waals surface area contributed by atoms with Gasteiger partial charge in [0.25, 0.3) is 0 Å². The van der Waals surface area contributed by atoms with Crippen LogP contribution >= 0.6 is 0 Å². The molecule has 0 spiro atoms. The first-order valence-corrected chi connectivity index (χ1v) is 5.57. The first-order chi connectivity index (χ1) is 8.63. The van der Waals surface area contributed by atoms with Crippen LogP contribution in [0.1, 0.15) is 17.5 Å². The molecule has 0 atom stereocenters. The molecule has 1 N–H and O–H groups in total. The topological polar surface area (TPSA) is 65.0 Å². The van der Waals surface area contributed by atoms with Crippen LogP contribution in [0, 0.1) is 0 Å². The summed E-state index contributed by atoms with van der Waals surface area (Å²) in [7, 11) is 4.69. The van der Waals surface area contributed by atoms with Crippen molar-refractivity contribution in [2.45, 2.75) is 19.4 Å². The van der Waals surface area contributed by atoms with Crippen molar-refractivity contribution in [2.75, 3.05) is 21.3 Å². The lowest BCUT2D eigenvalue weighted by molar-refractivity contribution is -0.136. The molecule has 1 aromatic carbocycles. The highest BCUT2D eigenvalue weighted by molar-refractivity contribution is 5.67. The van der Waals surface area contributed by atoms with Crippen LogP contribution in [0.2, 0.25) is 0 Å². The van der Waals surface area contributed by atoms with Crippen molar-refractivity contribution in [3.63, 3.8) is 0 Å². The smallest absolute Gasteiger partial charge is 0.303 e. The maximum Gasteiger partial charge on any atom is 0.303 e. The number of benzene rings is 1. The average molecular weight is 254 g/mol. The van der Waals surface area contributed by atoms with Crippen LogP contribution in [0.15, 0.2) is 12.1 Å². The molecule has 0 aromatic heterocycles. The van der Waals surface area contributed by atoms with Crippen LogP contribution in [-0.4, -0.2) is 32.4 Å². The van der Waals surface area contributed by atoms with E-state index in [1.54, 1.807) is 27.4 Å². The first-order valence-electron chi connectivity index (χ1n) is 5.57. The molecule has 0 amide bonds. The molecule has 0 fully saturated rings. The summed E-state index contributed by atoms with van der Waals surface area (Å²) in [6.07, 6.45) is 0.425. The number of hydrogen-bond donors (Lipinski definition) is 1. The molecule has 0 radical (unpaired) electrons. The van der Waals surface area contributed by atoms with E-state index in [1.807, 2.05) is 6.07 Å². The monoisotopic (exact) mass is 254 g/mol. The summed E-state index contributed by atoms with van der Waals surface area (Å²) < 4.78 is 15.6. The number of rotatable bonds is 7. The zero-order valence-corrected chi connectivity index (χ0v) is 10.9. The van der Waals surface area contributed by atoms with Gasteiger partial charge in [-0.05, 0) is 18.1 Å². The molecule has 1 rings (SSSR count). The number of aliphatic carboxylic acids is 1. The Balaban J connectivity index is 3.15. The number of methoxy groups -OCH3 is 3. The Kier molecular flexibility index (Phi) is 5.45. The van der Waals surface area contributed by atoms with Crippen molar-refractivity contribution in [2.24, 2.45) is 0 Å². The molecule has 0 bridgehead atoms. The minimum absolute atomic E-state index is 0.0419. The van der Waals surface area contributed by atoms with E-state index in [0.29, 0.717) is 24.5 Å². The van der Waals surface area contributed by atoms with Gasteiger partial charge in [0.15, 0.2) is 11.5 Å². The van der Waals surface area contributed by atoms with Crippen molar-refractivity contribution in [3.05, 3.63) is 23.3 Å². The van der Waals surface area contributed by atoms with Crippen LogP contribution in [-0.2, 0) is 22.6 Å². The Morgan fingerprint density at radius 1 is 1.22 bits per heavy atom. The minimum Gasteiger partial charge on any atom is -0.493 e. The van der Waals surface area contributed by atoms with Crippen LogP contribution in [0.25, 0.3) is 0 Å². The van der Waals surface area contributed by atoms with Crippen LogP contribution in [0.4, 0.5) is 0 Å². The summed E-state index contributed by atoms with van der Waals surface area (Å²) in [6, 6.07) is 3.65. The quantitative estimate of drug-likeness (QED) is 0.804. The molecule has 1 aromatic rings. The van der Waals surface area contributed by atoms with Crippen molar-refractivity contribution in [1.29, 1.82) is 0 Å². The molecule has 5 nitrogen and oxygen atoms in total. The van der Waals surface area contributed by atoms with Gasteiger partial charge in [-0.3, -0.25) is 4.79 Å². The van der Waals surface area contributed by atoms with E-state index < -0.39 is 5.97 Å². The van der Waals surface area contributed by atoms with Crippen LogP contribution < -0.4 is 9.47 Å². The van der Waals surface area contributed by atoms with E-state index in [1.165, 1.54) is 0 Å². The highest BCUT2D eigenvalue weighted by Gasteiger charge is 2.15. The summed E-state index contributed by atoms with van der Waals surface area (Å²) in [6.45, 7) is 0.412. The Morgan fingerprint density at radius 2 is 1.94 bits per heavy atom. The fraction of sp³-hybridized carbons (Fsp3) is 0.462. The Hall–Kier alpha value is -1.75. The third-order valence-corrected chi connectivity index (χ3v) is 2.63. The van der Waals surface area contributed by atoms with Gasteiger partial charge in [-0.25, -0.2) is 0 Å². The Labute approximate surface area is 106 Å². The lowest BCUT2D eigenvalue weighted by Gasteiger charge is -2.16. The third-order valence-electron chi connectivity index (χ3n) is 2.63. The fourth-order valence-corrected chi connectivity index (χ4v) is 1.83. The molecule has 0 unspecified atom stereocenters. The summed E-state index contributed by atoms with van der Waals surface area (Å²) in [4.78, 5) is 10.7. The molecule has 0 aliphatic rings.